The molecule has 0 aliphatic carbocycles. The summed E-state index contributed by atoms with van der Waals surface area (Å²) in [6.07, 6.45) is 0. The van der Waals surface area contributed by atoms with Crippen LogP contribution in [0.3, 0.4) is 0 Å². The summed E-state index contributed by atoms with van der Waals surface area (Å²) in [4.78, 5) is 21.3. The number of hydrogen-bond donors (Lipinski definition) is 1. The number of rotatable bonds is 5. The number of para-hydroxylation sites is 1. The van der Waals surface area contributed by atoms with E-state index in [1.54, 1.807) is 12.1 Å². The Bertz CT molecular complexity index is 921. The van der Waals surface area contributed by atoms with E-state index < -0.39 is 0 Å². The van der Waals surface area contributed by atoms with E-state index in [2.05, 4.69) is 32.2 Å². The summed E-state index contributed by atoms with van der Waals surface area (Å²) in [5.74, 6) is -0.340. The molecule has 0 atom stereocenters. The number of anilines is 2. The van der Waals surface area contributed by atoms with Crippen LogP contribution >= 0.6 is 11.3 Å². The fraction of sp³-hybridized carbons (Fsp3) is 0.238. The van der Waals surface area contributed by atoms with Crippen molar-refractivity contribution in [1.29, 1.82) is 0 Å². The number of piperazine rings is 1. The van der Waals surface area contributed by atoms with Gasteiger partial charge in [0.25, 0.3) is 0 Å². The molecule has 144 valence electrons. The van der Waals surface area contributed by atoms with Crippen molar-refractivity contribution in [3.05, 3.63) is 65.8 Å². The molecule has 1 aliphatic rings. The van der Waals surface area contributed by atoms with Gasteiger partial charge in [-0.15, -0.1) is 11.3 Å². The van der Waals surface area contributed by atoms with Crippen LogP contribution in [0.1, 0.15) is 0 Å². The third kappa shape index (κ3) is 4.55. The monoisotopic (exact) mass is 396 g/mol. The Labute approximate surface area is 167 Å². The predicted molar refractivity (Wildman–Crippen MR) is 111 cm³/mol. The minimum atomic E-state index is -0.278. The minimum Gasteiger partial charge on any atom is -0.369 e. The van der Waals surface area contributed by atoms with E-state index in [1.165, 1.54) is 29.2 Å². The normalized spacial score (nSPS) is 14.8. The Hall–Kier alpha value is -2.77. The number of nitrogens with zero attached hydrogens (tertiary/aromatic N) is 3. The van der Waals surface area contributed by atoms with E-state index in [9.17, 15) is 9.18 Å². The molecule has 2 heterocycles. The highest BCUT2D eigenvalue weighted by atomic mass is 32.1. The minimum absolute atomic E-state index is 0.0619. The molecule has 28 heavy (non-hydrogen) atoms. The number of nitrogens with one attached hydrogen (secondary N) is 1. The van der Waals surface area contributed by atoms with Crippen molar-refractivity contribution in [3.63, 3.8) is 0 Å². The summed E-state index contributed by atoms with van der Waals surface area (Å²) in [5.41, 5.74) is 2.79. The number of halogens is 1. The summed E-state index contributed by atoms with van der Waals surface area (Å²) in [6, 6.07) is 16.5. The van der Waals surface area contributed by atoms with Gasteiger partial charge in [-0.25, -0.2) is 9.37 Å². The Kier molecular flexibility index (Phi) is 5.64. The standard InChI is InChI=1S/C21H21FN4OS/c22-17-8-6-16(7-9-17)19-15-28-21(23-19)24-20(27)14-25-10-12-26(13-11-25)18-4-2-1-3-5-18/h1-9,15H,10-14H2,(H,23,24,27). The van der Waals surface area contributed by atoms with Crippen molar-refractivity contribution < 1.29 is 9.18 Å². The van der Waals surface area contributed by atoms with Crippen LogP contribution < -0.4 is 10.2 Å². The molecule has 1 fully saturated rings. The molecule has 0 saturated carbocycles. The molecule has 1 aromatic heterocycles. The quantitative estimate of drug-likeness (QED) is 0.714. The van der Waals surface area contributed by atoms with Crippen molar-refractivity contribution in [2.75, 3.05) is 42.9 Å². The second kappa shape index (κ2) is 8.50. The number of benzene rings is 2. The lowest BCUT2D eigenvalue weighted by atomic mass is 10.2. The molecule has 4 rings (SSSR count). The first-order valence-corrected chi connectivity index (χ1v) is 10.1. The van der Waals surface area contributed by atoms with E-state index in [0.717, 1.165) is 37.4 Å². The zero-order valence-electron chi connectivity index (χ0n) is 15.3. The Balaban J connectivity index is 1.28. The number of hydrogen-bond acceptors (Lipinski definition) is 5. The number of thiazole rings is 1. The molecular weight excluding hydrogens is 375 g/mol. The van der Waals surface area contributed by atoms with Gasteiger partial charge in [0, 0.05) is 42.8 Å². The first kappa shape index (κ1) is 18.6. The molecule has 0 bridgehead atoms. The van der Waals surface area contributed by atoms with Crippen LogP contribution in [0, 0.1) is 5.82 Å². The summed E-state index contributed by atoms with van der Waals surface area (Å²) in [5, 5.41) is 5.30. The van der Waals surface area contributed by atoms with Gasteiger partial charge < -0.3 is 10.2 Å². The summed E-state index contributed by atoms with van der Waals surface area (Å²) < 4.78 is 13.0. The zero-order chi connectivity index (χ0) is 19.3. The van der Waals surface area contributed by atoms with Gasteiger partial charge in [0.15, 0.2) is 5.13 Å². The first-order valence-electron chi connectivity index (χ1n) is 9.21. The van der Waals surface area contributed by atoms with E-state index in [1.807, 2.05) is 23.6 Å². The maximum absolute atomic E-state index is 13.0. The lowest BCUT2D eigenvalue weighted by Gasteiger charge is -2.35. The summed E-state index contributed by atoms with van der Waals surface area (Å²) in [7, 11) is 0. The third-order valence-electron chi connectivity index (χ3n) is 4.75. The number of carbonyl (C=O) groups is 1. The van der Waals surface area contributed by atoms with Gasteiger partial charge in [0.05, 0.1) is 12.2 Å². The van der Waals surface area contributed by atoms with Gasteiger partial charge in [-0.1, -0.05) is 18.2 Å². The van der Waals surface area contributed by atoms with E-state index in [0.29, 0.717) is 11.7 Å². The van der Waals surface area contributed by atoms with Crippen molar-refractivity contribution in [3.8, 4) is 11.3 Å². The summed E-state index contributed by atoms with van der Waals surface area (Å²) in [6.45, 7) is 3.86. The SMILES string of the molecule is O=C(CN1CCN(c2ccccc2)CC1)Nc1nc(-c2ccc(F)cc2)cs1. The molecular formula is C21H21FN4OS. The molecule has 3 aromatic rings. The second-order valence-corrected chi connectivity index (χ2v) is 7.55. The molecule has 0 spiro atoms. The highest BCUT2D eigenvalue weighted by Crippen LogP contribution is 2.25. The van der Waals surface area contributed by atoms with Gasteiger partial charge >= 0.3 is 0 Å². The van der Waals surface area contributed by atoms with Gasteiger partial charge in [0.2, 0.25) is 5.91 Å². The zero-order valence-corrected chi connectivity index (χ0v) is 16.2. The fourth-order valence-electron chi connectivity index (χ4n) is 3.25. The molecule has 0 unspecified atom stereocenters. The topological polar surface area (TPSA) is 48.5 Å². The van der Waals surface area contributed by atoms with Crippen LogP contribution in [0.15, 0.2) is 60.0 Å². The number of carbonyl (C=O) groups excluding carboxylic acids is 1. The van der Waals surface area contributed by atoms with E-state index in [4.69, 9.17) is 0 Å². The molecule has 7 heteroatoms. The fourth-order valence-corrected chi connectivity index (χ4v) is 3.99. The van der Waals surface area contributed by atoms with Gasteiger partial charge in [0.1, 0.15) is 5.82 Å². The van der Waals surface area contributed by atoms with Crippen LogP contribution in [-0.4, -0.2) is 48.5 Å². The average Bonchev–Trinajstić information content (AvgIpc) is 3.18. The lowest BCUT2D eigenvalue weighted by molar-refractivity contribution is -0.117. The number of aromatic nitrogens is 1. The van der Waals surface area contributed by atoms with E-state index in [-0.39, 0.29) is 11.7 Å². The molecule has 5 nitrogen and oxygen atoms in total. The maximum atomic E-state index is 13.0. The van der Waals surface area contributed by atoms with Crippen LogP contribution in [0.5, 0.6) is 0 Å². The molecule has 1 saturated heterocycles. The van der Waals surface area contributed by atoms with Crippen LogP contribution in [-0.2, 0) is 4.79 Å². The largest absolute Gasteiger partial charge is 0.369 e. The van der Waals surface area contributed by atoms with Crippen molar-refractivity contribution >= 4 is 28.1 Å². The van der Waals surface area contributed by atoms with Crippen LogP contribution in [0.25, 0.3) is 11.3 Å². The van der Waals surface area contributed by atoms with Crippen molar-refractivity contribution in [2.24, 2.45) is 0 Å². The van der Waals surface area contributed by atoms with Crippen molar-refractivity contribution in [1.82, 2.24) is 9.88 Å². The number of amides is 1. The smallest absolute Gasteiger partial charge is 0.240 e. The molecule has 2 aromatic carbocycles. The van der Waals surface area contributed by atoms with Crippen LogP contribution in [0.2, 0.25) is 0 Å². The highest BCUT2D eigenvalue weighted by molar-refractivity contribution is 7.14. The van der Waals surface area contributed by atoms with Crippen molar-refractivity contribution in [2.45, 2.75) is 0 Å². The maximum Gasteiger partial charge on any atom is 0.240 e. The lowest BCUT2D eigenvalue weighted by Crippen LogP contribution is -2.48. The molecule has 0 radical (unpaired) electrons. The van der Waals surface area contributed by atoms with Gasteiger partial charge in [-0.05, 0) is 36.4 Å². The predicted octanol–water partition coefficient (Wildman–Crippen LogP) is 3.71. The first-order chi connectivity index (χ1) is 13.7. The Morgan fingerprint density at radius 2 is 1.75 bits per heavy atom. The highest BCUT2D eigenvalue weighted by Gasteiger charge is 2.19. The summed E-state index contributed by atoms with van der Waals surface area (Å²) >= 11 is 1.37. The van der Waals surface area contributed by atoms with E-state index >= 15 is 0 Å². The Morgan fingerprint density at radius 3 is 2.46 bits per heavy atom. The average molecular weight is 396 g/mol. The second-order valence-electron chi connectivity index (χ2n) is 6.69. The Morgan fingerprint density at radius 1 is 1.04 bits per heavy atom. The molecule has 1 amide bonds. The van der Waals surface area contributed by atoms with Gasteiger partial charge in [-0.2, -0.15) is 0 Å². The molecule has 1 aliphatic heterocycles. The third-order valence-corrected chi connectivity index (χ3v) is 5.51. The molecule has 1 N–H and O–H groups in total. The van der Waals surface area contributed by atoms with Crippen LogP contribution in [0.4, 0.5) is 15.2 Å². The van der Waals surface area contributed by atoms with Gasteiger partial charge in [-0.3, -0.25) is 9.69 Å².